The Kier molecular flexibility index (Phi) is 7.19. The number of hydrogen-bond acceptors (Lipinski definition) is 3. The molecule has 4 N–H and O–H groups in total. The highest BCUT2D eigenvalue weighted by atomic mass is 31.2. The van der Waals surface area contributed by atoms with Crippen molar-refractivity contribution in [1.82, 2.24) is 0 Å². The second kappa shape index (κ2) is 8.00. The molecular weight excluding hydrogens is 328 g/mol. The molecule has 9 heteroatoms. The third kappa shape index (κ3) is 6.86. The zero-order valence-corrected chi connectivity index (χ0v) is 14.5. The molecule has 0 amide bonds. The maximum absolute atomic E-state index is 11.4. The summed E-state index contributed by atoms with van der Waals surface area (Å²) in [7, 11) is -8.33. The van der Waals surface area contributed by atoms with E-state index in [9.17, 15) is 18.9 Å². The van der Waals surface area contributed by atoms with E-state index in [1.165, 1.54) is 0 Å². The Morgan fingerprint density at radius 1 is 1.14 bits per heavy atom. The maximum atomic E-state index is 11.4. The Morgan fingerprint density at radius 3 is 2.27 bits per heavy atom. The van der Waals surface area contributed by atoms with Crippen LogP contribution in [0.5, 0.6) is 0 Å². The van der Waals surface area contributed by atoms with Gasteiger partial charge in [-0.3, -0.25) is 14.1 Å². The molecule has 128 valence electrons. The summed E-state index contributed by atoms with van der Waals surface area (Å²) in [5.74, 6) is -0.429. The summed E-state index contributed by atoms with van der Waals surface area (Å²) in [6.07, 6.45) is 7.69. The van der Waals surface area contributed by atoms with Crippen LogP contribution in [-0.2, 0) is 9.13 Å². The van der Waals surface area contributed by atoms with Crippen molar-refractivity contribution in [1.29, 1.82) is 0 Å². The minimum atomic E-state index is -4.23. The van der Waals surface area contributed by atoms with Gasteiger partial charge in [0.1, 0.15) is 0 Å². The maximum Gasteiger partial charge on any atom is 0.325 e. The van der Waals surface area contributed by atoms with Crippen LogP contribution in [0.25, 0.3) is 0 Å². The highest BCUT2D eigenvalue weighted by Crippen LogP contribution is 2.46. The van der Waals surface area contributed by atoms with Gasteiger partial charge in [0.05, 0.1) is 11.7 Å². The van der Waals surface area contributed by atoms with Crippen molar-refractivity contribution in [3.8, 4) is 0 Å². The summed E-state index contributed by atoms with van der Waals surface area (Å²) >= 11 is 0. The van der Waals surface area contributed by atoms with E-state index in [0.29, 0.717) is 12.8 Å². The second-order valence-electron chi connectivity index (χ2n) is 5.81. The Bertz CT molecular complexity index is 495. The van der Waals surface area contributed by atoms with Crippen molar-refractivity contribution >= 4 is 21.4 Å². The van der Waals surface area contributed by atoms with Crippen molar-refractivity contribution in [2.75, 3.05) is 12.3 Å². The highest BCUT2D eigenvalue weighted by Gasteiger charge is 2.40. The molecular formula is C13H25NO6P2. The minimum absolute atomic E-state index is 0.214. The van der Waals surface area contributed by atoms with Crippen LogP contribution in [0.1, 0.15) is 39.0 Å². The van der Waals surface area contributed by atoms with E-state index in [2.05, 4.69) is 4.99 Å². The summed E-state index contributed by atoms with van der Waals surface area (Å²) in [6.45, 7) is 2.03. The van der Waals surface area contributed by atoms with E-state index in [4.69, 9.17) is 9.79 Å². The molecule has 0 saturated heterocycles. The van der Waals surface area contributed by atoms with Gasteiger partial charge in [-0.25, -0.2) is 0 Å². The Balaban J connectivity index is 2.87. The van der Waals surface area contributed by atoms with E-state index in [-0.39, 0.29) is 18.7 Å². The summed E-state index contributed by atoms with van der Waals surface area (Å²) in [4.78, 5) is 41.0. The van der Waals surface area contributed by atoms with Gasteiger partial charge in [-0.05, 0) is 31.3 Å². The molecule has 0 radical (unpaired) electrons. The third-order valence-electron chi connectivity index (χ3n) is 3.88. The lowest BCUT2D eigenvalue weighted by atomic mass is 9.79. The largest absolute Gasteiger partial charge is 0.325 e. The lowest BCUT2D eigenvalue weighted by Crippen LogP contribution is -2.35. The summed E-state index contributed by atoms with van der Waals surface area (Å²) in [5.41, 5.74) is -0.661. The van der Waals surface area contributed by atoms with Gasteiger partial charge in [0, 0.05) is 12.4 Å². The fourth-order valence-corrected chi connectivity index (χ4v) is 4.49. The van der Waals surface area contributed by atoms with Crippen LogP contribution in [0.15, 0.2) is 17.1 Å². The van der Waals surface area contributed by atoms with Crippen molar-refractivity contribution in [2.45, 2.75) is 44.6 Å². The first kappa shape index (κ1) is 19.8. The van der Waals surface area contributed by atoms with E-state index in [0.717, 1.165) is 12.8 Å². The summed E-state index contributed by atoms with van der Waals surface area (Å²) < 4.78 is 22.4. The first-order chi connectivity index (χ1) is 10.1. The van der Waals surface area contributed by atoms with Crippen LogP contribution in [-0.4, -0.2) is 43.7 Å². The average Bonchev–Trinajstić information content (AvgIpc) is 2.82. The predicted molar refractivity (Wildman–Crippen MR) is 86.4 cm³/mol. The SMILES string of the molecule is CCCCC1(C(CCCP(=O)(O)O)CP(=O)(O)O)C=CC=N1. The van der Waals surface area contributed by atoms with Crippen LogP contribution in [0.2, 0.25) is 0 Å². The predicted octanol–water partition coefficient (Wildman–Crippen LogP) is 2.31. The van der Waals surface area contributed by atoms with Crippen molar-refractivity contribution in [2.24, 2.45) is 10.9 Å². The molecule has 1 aliphatic heterocycles. The number of hydrogen-bond donors (Lipinski definition) is 4. The van der Waals surface area contributed by atoms with E-state index < -0.39 is 26.6 Å². The van der Waals surface area contributed by atoms with Crippen molar-refractivity contribution < 1.29 is 28.7 Å². The van der Waals surface area contributed by atoms with E-state index in [1.54, 1.807) is 12.3 Å². The van der Waals surface area contributed by atoms with Crippen LogP contribution >= 0.6 is 15.2 Å². The lowest BCUT2D eigenvalue weighted by Gasteiger charge is -2.34. The molecule has 7 nitrogen and oxygen atoms in total. The molecule has 0 aromatic rings. The standard InChI is InChI=1S/C13H25NO6P2/c1-2-3-7-13(8-5-9-14-13)12(11-22(18,19)20)6-4-10-21(15,16)17/h5,8-9,12H,2-4,6-7,10-11H2,1H3,(H2,15,16,17)(H2,18,19,20). The van der Waals surface area contributed by atoms with Gasteiger partial charge in [-0.2, -0.15) is 0 Å². The van der Waals surface area contributed by atoms with Gasteiger partial charge in [0.2, 0.25) is 0 Å². The second-order valence-corrected chi connectivity index (χ2v) is 9.28. The number of allylic oxidation sites excluding steroid dienone is 1. The molecule has 22 heavy (non-hydrogen) atoms. The normalized spacial score (nSPS) is 23.1. The Morgan fingerprint density at radius 2 is 1.82 bits per heavy atom. The molecule has 0 bridgehead atoms. The average molecular weight is 353 g/mol. The number of aliphatic imine (C=N–C) groups is 1. The number of rotatable bonds is 10. The molecule has 0 aromatic heterocycles. The number of unbranched alkanes of at least 4 members (excludes halogenated alkanes) is 1. The topological polar surface area (TPSA) is 127 Å². The first-order valence-corrected chi connectivity index (χ1v) is 11.0. The van der Waals surface area contributed by atoms with E-state index in [1.807, 2.05) is 13.0 Å². The molecule has 1 heterocycles. The van der Waals surface area contributed by atoms with E-state index >= 15 is 0 Å². The van der Waals surface area contributed by atoms with Crippen LogP contribution < -0.4 is 0 Å². The highest BCUT2D eigenvalue weighted by molar-refractivity contribution is 7.52. The number of nitrogens with zero attached hydrogens (tertiary/aromatic N) is 1. The fraction of sp³-hybridized carbons (Fsp3) is 0.769. The molecule has 0 saturated carbocycles. The Hall–Kier alpha value is -0.290. The summed E-state index contributed by atoms with van der Waals surface area (Å²) in [6, 6.07) is 0. The molecule has 0 spiro atoms. The van der Waals surface area contributed by atoms with Crippen molar-refractivity contribution in [3.05, 3.63) is 12.2 Å². The smallest absolute Gasteiger partial charge is 0.324 e. The summed E-state index contributed by atoms with van der Waals surface area (Å²) in [5, 5.41) is 0. The zero-order chi connectivity index (χ0) is 16.9. The molecule has 1 aliphatic rings. The van der Waals surface area contributed by atoms with Crippen LogP contribution in [0.4, 0.5) is 0 Å². The molecule has 1 rings (SSSR count). The monoisotopic (exact) mass is 353 g/mol. The molecule has 2 unspecified atom stereocenters. The van der Waals surface area contributed by atoms with Gasteiger partial charge in [0.15, 0.2) is 0 Å². The zero-order valence-electron chi connectivity index (χ0n) is 12.7. The van der Waals surface area contributed by atoms with Crippen LogP contribution in [0, 0.1) is 5.92 Å². The molecule has 0 aliphatic carbocycles. The quantitative estimate of drug-likeness (QED) is 0.446. The minimum Gasteiger partial charge on any atom is -0.324 e. The fourth-order valence-electron chi connectivity index (χ4n) is 2.82. The molecule has 0 fully saturated rings. The third-order valence-corrected chi connectivity index (χ3v) is 5.70. The van der Waals surface area contributed by atoms with Crippen LogP contribution in [0.3, 0.4) is 0 Å². The molecule has 2 atom stereocenters. The van der Waals surface area contributed by atoms with Gasteiger partial charge < -0.3 is 19.6 Å². The first-order valence-electron chi connectivity index (χ1n) is 7.40. The lowest BCUT2D eigenvalue weighted by molar-refractivity contribution is 0.290. The van der Waals surface area contributed by atoms with Gasteiger partial charge in [-0.1, -0.05) is 25.8 Å². The van der Waals surface area contributed by atoms with Gasteiger partial charge >= 0.3 is 15.2 Å². The Labute approximate surface area is 130 Å². The van der Waals surface area contributed by atoms with Gasteiger partial charge in [0.25, 0.3) is 0 Å². The van der Waals surface area contributed by atoms with Gasteiger partial charge in [-0.15, -0.1) is 0 Å². The van der Waals surface area contributed by atoms with Crippen molar-refractivity contribution in [3.63, 3.8) is 0 Å². The molecule has 0 aromatic carbocycles.